The number of hydrogen-bond acceptors (Lipinski definition) is 3. The van der Waals surface area contributed by atoms with E-state index in [2.05, 4.69) is 26.8 Å². The van der Waals surface area contributed by atoms with Crippen molar-refractivity contribution in [2.75, 3.05) is 26.3 Å². The van der Waals surface area contributed by atoms with E-state index in [0.717, 1.165) is 16.7 Å². The predicted octanol–water partition coefficient (Wildman–Crippen LogP) is 2.62. The van der Waals surface area contributed by atoms with Crippen LogP contribution in [0.3, 0.4) is 0 Å². The summed E-state index contributed by atoms with van der Waals surface area (Å²) in [5, 5.41) is 0. The first kappa shape index (κ1) is 16.5. The fraction of sp³-hybridized carbons (Fsp3) is 0.625. The Morgan fingerprint density at radius 1 is 1.10 bits per heavy atom. The third-order valence-electron chi connectivity index (χ3n) is 4.07. The van der Waals surface area contributed by atoms with Crippen LogP contribution in [0.1, 0.15) is 37.5 Å². The predicted molar refractivity (Wildman–Crippen MR) is 84.2 cm³/mol. The molecule has 0 aliphatic carbocycles. The van der Waals surface area contributed by atoms with Crippen LogP contribution in [0.25, 0.3) is 0 Å². The summed E-state index contributed by atoms with van der Waals surface area (Å²) < 4.78 is 32.6. The Hall–Kier alpha value is -0.910. The Morgan fingerprint density at radius 3 is 2.19 bits per heavy atom. The van der Waals surface area contributed by atoms with Gasteiger partial charge in [0.2, 0.25) is 10.0 Å². The maximum Gasteiger partial charge on any atom is 0.243 e. The Morgan fingerprint density at radius 2 is 1.67 bits per heavy atom. The molecule has 0 bridgehead atoms. The summed E-state index contributed by atoms with van der Waals surface area (Å²) in [4.78, 5) is 0.439. The molecule has 0 atom stereocenters. The second-order valence-corrected chi connectivity index (χ2v) is 8.59. The van der Waals surface area contributed by atoms with Gasteiger partial charge in [-0.15, -0.1) is 0 Å². The largest absolute Gasteiger partial charge is 0.379 e. The third-order valence-corrected chi connectivity index (χ3v) is 6.10. The Labute approximate surface area is 128 Å². The van der Waals surface area contributed by atoms with E-state index in [1.165, 1.54) is 4.31 Å². The number of aryl methyl sites for hydroxylation is 1. The molecule has 1 aliphatic heterocycles. The van der Waals surface area contributed by atoms with Crippen LogP contribution in [0.5, 0.6) is 0 Å². The van der Waals surface area contributed by atoms with E-state index in [9.17, 15) is 8.42 Å². The van der Waals surface area contributed by atoms with Gasteiger partial charge in [-0.2, -0.15) is 4.31 Å². The number of sulfonamides is 1. The van der Waals surface area contributed by atoms with Crippen LogP contribution < -0.4 is 0 Å². The van der Waals surface area contributed by atoms with E-state index in [0.29, 0.717) is 31.2 Å². The lowest BCUT2D eigenvalue weighted by Crippen LogP contribution is -2.41. The highest BCUT2D eigenvalue weighted by molar-refractivity contribution is 7.89. The highest BCUT2D eigenvalue weighted by Crippen LogP contribution is 2.30. The topological polar surface area (TPSA) is 46.6 Å². The van der Waals surface area contributed by atoms with Gasteiger partial charge in [-0.05, 0) is 42.0 Å². The number of hydrogen-bond donors (Lipinski definition) is 0. The van der Waals surface area contributed by atoms with Gasteiger partial charge in [-0.3, -0.25) is 0 Å². The maximum absolute atomic E-state index is 12.9. The van der Waals surface area contributed by atoms with Crippen molar-refractivity contribution in [3.63, 3.8) is 0 Å². The molecule has 5 heteroatoms. The molecule has 4 nitrogen and oxygen atoms in total. The summed E-state index contributed by atoms with van der Waals surface area (Å²) in [6.07, 6.45) is 0. The van der Waals surface area contributed by atoms with Crippen molar-refractivity contribution in [3.05, 3.63) is 28.8 Å². The third kappa shape index (κ3) is 3.30. The molecule has 1 heterocycles. The average molecular weight is 311 g/mol. The van der Waals surface area contributed by atoms with Gasteiger partial charge in [0.25, 0.3) is 0 Å². The molecule has 118 valence electrons. The standard InChI is InChI=1S/C16H25NO3S/c1-12-10-14(16(3,4)5)11-15(13(12)2)21(18,19)17-6-8-20-9-7-17/h10-11H,6-9H2,1-5H3. The molecule has 0 amide bonds. The minimum absolute atomic E-state index is 0.0757. The number of nitrogens with zero attached hydrogens (tertiary/aromatic N) is 1. The molecule has 0 spiro atoms. The first-order valence-corrected chi connectivity index (χ1v) is 8.77. The molecule has 21 heavy (non-hydrogen) atoms. The molecule has 1 aromatic carbocycles. The van der Waals surface area contributed by atoms with Crippen molar-refractivity contribution in [2.24, 2.45) is 0 Å². The van der Waals surface area contributed by atoms with Crippen LogP contribution in [0.4, 0.5) is 0 Å². The van der Waals surface area contributed by atoms with E-state index >= 15 is 0 Å². The van der Waals surface area contributed by atoms with Crippen molar-refractivity contribution < 1.29 is 13.2 Å². The van der Waals surface area contributed by atoms with Crippen LogP contribution in [-0.2, 0) is 20.2 Å². The molecule has 0 radical (unpaired) electrons. The van der Waals surface area contributed by atoms with Gasteiger partial charge in [0.15, 0.2) is 0 Å². The van der Waals surface area contributed by atoms with Crippen LogP contribution >= 0.6 is 0 Å². The van der Waals surface area contributed by atoms with Gasteiger partial charge in [0.1, 0.15) is 0 Å². The zero-order valence-corrected chi connectivity index (χ0v) is 14.4. The minimum Gasteiger partial charge on any atom is -0.379 e. The summed E-state index contributed by atoms with van der Waals surface area (Å²) >= 11 is 0. The summed E-state index contributed by atoms with van der Waals surface area (Å²) in [5.74, 6) is 0. The summed E-state index contributed by atoms with van der Waals surface area (Å²) in [6, 6.07) is 3.93. The molecular formula is C16H25NO3S. The maximum atomic E-state index is 12.9. The highest BCUT2D eigenvalue weighted by Gasteiger charge is 2.29. The van der Waals surface area contributed by atoms with Crippen molar-refractivity contribution in [1.29, 1.82) is 0 Å². The minimum atomic E-state index is -3.44. The molecule has 2 rings (SSSR count). The number of rotatable bonds is 2. The highest BCUT2D eigenvalue weighted by atomic mass is 32.2. The SMILES string of the molecule is Cc1cc(C(C)(C)C)cc(S(=O)(=O)N2CCOCC2)c1C. The molecule has 1 aromatic rings. The molecule has 1 fully saturated rings. The molecule has 0 N–H and O–H groups in total. The monoisotopic (exact) mass is 311 g/mol. The second kappa shape index (κ2) is 5.71. The van der Waals surface area contributed by atoms with Gasteiger partial charge in [-0.1, -0.05) is 26.8 Å². The summed E-state index contributed by atoms with van der Waals surface area (Å²) in [5.41, 5.74) is 2.84. The van der Waals surface area contributed by atoms with Gasteiger partial charge in [-0.25, -0.2) is 8.42 Å². The van der Waals surface area contributed by atoms with Crippen LogP contribution in [0.2, 0.25) is 0 Å². The zero-order valence-electron chi connectivity index (χ0n) is 13.6. The molecule has 1 aliphatic rings. The second-order valence-electron chi connectivity index (χ2n) is 6.68. The molecule has 0 saturated carbocycles. The van der Waals surface area contributed by atoms with Gasteiger partial charge in [0.05, 0.1) is 18.1 Å². The quantitative estimate of drug-likeness (QED) is 0.843. The average Bonchev–Trinajstić information content (AvgIpc) is 2.41. The van der Waals surface area contributed by atoms with E-state index in [1.807, 2.05) is 19.9 Å². The zero-order chi connectivity index (χ0) is 15.8. The van der Waals surface area contributed by atoms with Crippen LogP contribution in [0.15, 0.2) is 17.0 Å². The Kier molecular flexibility index (Phi) is 4.47. The van der Waals surface area contributed by atoms with Gasteiger partial charge in [0, 0.05) is 13.1 Å². The van der Waals surface area contributed by atoms with Crippen molar-refractivity contribution >= 4 is 10.0 Å². The van der Waals surface area contributed by atoms with Crippen LogP contribution in [-0.4, -0.2) is 39.0 Å². The Balaban J connectivity index is 2.54. The smallest absolute Gasteiger partial charge is 0.243 e. The van der Waals surface area contributed by atoms with Crippen molar-refractivity contribution in [1.82, 2.24) is 4.31 Å². The molecular weight excluding hydrogens is 286 g/mol. The summed E-state index contributed by atoms with van der Waals surface area (Å²) in [7, 11) is -3.44. The number of benzene rings is 1. The lowest BCUT2D eigenvalue weighted by molar-refractivity contribution is 0.0730. The molecule has 0 aromatic heterocycles. The molecule has 1 saturated heterocycles. The first-order chi connectivity index (χ1) is 9.64. The van der Waals surface area contributed by atoms with E-state index in [1.54, 1.807) is 0 Å². The van der Waals surface area contributed by atoms with E-state index in [4.69, 9.17) is 4.74 Å². The first-order valence-electron chi connectivity index (χ1n) is 7.33. The van der Waals surface area contributed by atoms with E-state index in [-0.39, 0.29) is 5.41 Å². The van der Waals surface area contributed by atoms with Crippen molar-refractivity contribution in [2.45, 2.75) is 44.9 Å². The van der Waals surface area contributed by atoms with Crippen LogP contribution in [0, 0.1) is 13.8 Å². The lowest BCUT2D eigenvalue weighted by atomic mass is 9.85. The van der Waals surface area contributed by atoms with E-state index < -0.39 is 10.0 Å². The van der Waals surface area contributed by atoms with Gasteiger partial charge >= 0.3 is 0 Å². The van der Waals surface area contributed by atoms with Crippen molar-refractivity contribution in [3.8, 4) is 0 Å². The fourth-order valence-electron chi connectivity index (χ4n) is 2.45. The fourth-order valence-corrected chi connectivity index (χ4v) is 4.19. The normalized spacial score (nSPS) is 18.0. The molecule has 0 unspecified atom stereocenters. The summed E-state index contributed by atoms with van der Waals surface area (Å²) in [6.45, 7) is 12.0. The Bertz CT molecular complexity index is 624. The number of morpholine rings is 1. The van der Waals surface area contributed by atoms with Gasteiger partial charge < -0.3 is 4.74 Å². The number of ether oxygens (including phenoxy) is 1. The lowest BCUT2D eigenvalue weighted by Gasteiger charge is -2.28.